The fourth-order valence-corrected chi connectivity index (χ4v) is 6.87. The Kier molecular flexibility index (Phi) is 12.6. The number of ether oxygens (including phenoxy) is 2. The van der Waals surface area contributed by atoms with E-state index in [-0.39, 0.29) is 42.7 Å². The number of hydrogen-bond acceptors (Lipinski definition) is 11. The molecule has 1 aromatic heterocycles. The number of hydrogen-bond donors (Lipinski definition) is 4. The van der Waals surface area contributed by atoms with E-state index in [1.807, 2.05) is 24.9 Å². The third kappa shape index (κ3) is 9.97. The number of carbonyl (C=O) groups is 2. The Hall–Kier alpha value is -3.07. The van der Waals surface area contributed by atoms with Crippen molar-refractivity contribution < 1.29 is 28.6 Å². The van der Waals surface area contributed by atoms with Crippen LogP contribution < -0.4 is 20.7 Å². The van der Waals surface area contributed by atoms with Crippen molar-refractivity contribution in [1.82, 2.24) is 35.6 Å². The van der Waals surface area contributed by atoms with Crippen LogP contribution in [0.15, 0.2) is 29.0 Å². The fourth-order valence-electron chi connectivity index (χ4n) is 6.87. The maximum Gasteiger partial charge on any atom is 0.223 e. The monoisotopic (exact) mass is 655 g/mol. The lowest BCUT2D eigenvalue weighted by Gasteiger charge is -2.42. The fraction of sp³-hybridized carbons (Fsp3) is 0.676. The average molecular weight is 656 g/mol. The summed E-state index contributed by atoms with van der Waals surface area (Å²) in [5.74, 6) is 1.43. The van der Waals surface area contributed by atoms with E-state index >= 15 is 0 Å². The molecule has 1 aromatic carbocycles. The summed E-state index contributed by atoms with van der Waals surface area (Å²) in [5.41, 5.74) is 3.30. The number of methoxy groups -OCH3 is 1. The summed E-state index contributed by atoms with van der Waals surface area (Å²) in [6.45, 7) is 8.99. The van der Waals surface area contributed by atoms with Gasteiger partial charge < -0.3 is 29.2 Å². The summed E-state index contributed by atoms with van der Waals surface area (Å²) < 4.78 is 16.6. The first-order valence-corrected chi connectivity index (χ1v) is 17.0. The van der Waals surface area contributed by atoms with Crippen molar-refractivity contribution in [3.63, 3.8) is 0 Å². The first kappa shape index (κ1) is 35.2. The molecule has 2 saturated heterocycles. The third-order valence-corrected chi connectivity index (χ3v) is 9.81. The zero-order valence-electron chi connectivity index (χ0n) is 28.4. The van der Waals surface area contributed by atoms with E-state index in [0.29, 0.717) is 32.6 Å². The number of carbonyl (C=O) groups excluding carboxylic acids is 2. The summed E-state index contributed by atoms with van der Waals surface area (Å²) in [6, 6.07) is 6.44. The van der Waals surface area contributed by atoms with Crippen LogP contribution in [0.4, 0.5) is 0 Å². The van der Waals surface area contributed by atoms with E-state index in [0.717, 1.165) is 69.2 Å². The van der Waals surface area contributed by atoms with Crippen LogP contribution in [0.1, 0.15) is 55.2 Å². The minimum atomic E-state index is -0.671. The molecule has 4 atom stereocenters. The van der Waals surface area contributed by atoms with Crippen LogP contribution in [0, 0.1) is 12.8 Å². The van der Waals surface area contributed by atoms with Crippen molar-refractivity contribution in [1.29, 1.82) is 0 Å². The van der Waals surface area contributed by atoms with Gasteiger partial charge in [-0.1, -0.05) is 6.07 Å². The van der Waals surface area contributed by atoms with Crippen LogP contribution in [0.5, 0.6) is 5.75 Å². The number of fused-ring (bicyclic) bond motifs is 1. The highest BCUT2D eigenvalue weighted by atomic mass is 16.5. The Labute approximate surface area is 278 Å². The van der Waals surface area contributed by atoms with Crippen LogP contribution in [-0.2, 0) is 33.9 Å². The van der Waals surface area contributed by atoms with Crippen LogP contribution >= 0.6 is 0 Å². The highest BCUT2D eigenvalue weighted by Gasteiger charge is 2.35. The van der Waals surface area contributed by atoms with Gasteiger partial charge in [-0.05, 0) is 69.3 Å². The first-order valence-electron chi connectivity index (χ1n) is 17.0. The largest absolute Gasteiger partial charge is 0.486 e. The number of likely N-dealkylation sites (tertiary alicyclic amines) is 1. The number of likely N-dealkylation sites (N-methyl/N-ethyl adjacent to an activating group) is 1. The third-order valence-electron chi connectivity index (χ3n) is 9.81. The quantitative estimate of drug-likeness (QED) is 0.233. The standard InChI is InChI=1S/C34H53N7O6/c1-23-31(47-22-36-23)21-46-30-6-5-26-19-40(10-7-25(26)15-30)20-29(43)18-35-34(44)27-16-32(38-33(17-27)39(3)13-14-45-4)37-28-8-11-41(12-9-28)24(2)42/h5-6,15,22,27-29,32-33,37-38,43H,7-14,16-21H2,1-4H3,(H,35,44)/t27?,29-,32?,33?/m0/s1. The summed E-state index contributed by atoms with van der Waals surface area (Å²) in [7, 11) is 3.74. The molecule has 3 aliphatic heterocycles. The maximum atomic E-state index is 13.5. The second kappa shape index (κ2) is 16.8. The van der Waals surface area contributed by atoms with Crippen molar-refractivity contribution in [3.05, 3.63) is 47.2 Å². The van der Waals surface area contributed by atoms with Crippen molar-refractivity contribution >= 4 is 11.8 Å². The molecule has 3 unspecified atom stereocenters. The van der Waals surface area contributed by atoms with Gasteiger partial charge in [0.2, 0.25) is 11.8 Å². The predicted molar refractivity (Wildman–Crippen MR) is 176 cm³/mol. The molecule has 47 heavy (non-hydrogen) atoms. The van der Waals surface area contributed by atoms with E-state index < -0.39 is 6.10 Å². The van der Waals surface area contributed by atoms with Gasteiger partial charge in [0.15, 0.2) is 12.2 Å². The Morgan fingerprint density at radius 3 is 2.74 bits per heavy atom. The van der Waals surface area contributed by atoms with Crippen LogP contribution in [0.25, 0.3) is 0 Å². The zero-order valence-corrected chi connectivity index (χ0v) is 28.4. The van der Waals surface area contributed by atoms with Crippen molar-refractivity contribution in [3.8, 4) is 5.75 Å². The van der Waals surface area contributed by atoms with Crippen LogP contribution in [0.3, 0.4) is 0 Å². The highest BCUT2D eigenvalue weighted by Crippen LogP contribution is 2.26. The summed E-state index contributed by atoms with van der Waals surface area (Å²) in [5, 5.41) is 21.4. The molecule has 4 heterocycles. The zero-order chi connectivity index (χ0) is 33.3. The van der Waals surface area contributed by atoms with Gasteiger partial charge in [-0.3, -0.25) is 30.0 Å². The van der Waals surface area contributed by atoms with Gasteiger partial charge in [0.05, 0.1) is 30.7 Å². The number of rotatable bonds is 14. The predicted octanol–water partition coefficient (Wildman–Crippen LogP) is 1.23. The second-order valence-corrected chi connectivity index (χ2v) is 13.3. The van der Waals surface area contributed by atoms with E-state index in [4.69, 9.17) is 13.9 Å². The molecule has 0 spiro atoms. The van der Waals surface area contributed by atoms with Gasteiger partial charge in [0.1, 0.15) is 12.4 Å². The number of nitrogens with zero attached hydrogens (tertiary/aromatic N) is 4. The molecule has 0 bridgehead atoms. The van der Waals surface area contributed by atoms with Crippen LogP contribution in [-0.4, -0.2) is 121 Å². The Bertz CT molecular complexity index is 1320. The van der Waals surface area contributed by atoms with Crippen molar-refractivity contribution in [2.24, 2.45) is 5.92 Å². The number of piperidine rings is 2. The lowest BCUT2D eigenvalue weighted by atomic mass is 9.91. The number of nitrogens with one attached hydrogen (secondary N) is 3. The molecule has 0 saturated carbocycles. The first-order chi connectivity index (χ1) is 22.7. The SMILES string of the molecule is COCCN(C)C1CC(C(=O)NC[C@H](O)CN2CCc3cc(OCc4ocnc4C)ccc3C2)CC(NC2CCN(C(C)=O)CC2)N1. The number of benzene rings is 1. The molecule has 13 nitrogen and oxygen atoms in total. The molecule has 3 aliphatic rings. The Balaban J connectivity index is 1.09. The van der Waals surface area contributed by atoms with E-state index in [1.54, 1.807) is 14.0 Å². The number of aromatic nitrogens is 1. The second-order valence-electron chi connectivity index (χ2n) is 13.3. The summed E-state index contributed by atoms with van der Waals surface area (Å²) in [4.78, 5) is 35.7. The summed E-state index contributed by atoms with van der Waals surface area (Å²) in [6.07, 6.45) is 4.73. The van der Waals surface area contributed by atoms with Gasteiger partial charge >= 0.3 is 0 Å². The number of aliphatic hydroxyl groups is 1. The molecule has 0 radical (unpaired) electrons. The van der Waals surface area contributed by atoms with Gasteiger partial charge in [0.25, 0.3) is 0 Å². The molecule has 2 amide bonds. The Morgan fingerprint density at radius 1 is 1.21 bits per heavy atom. The van der Waals surface area contributed by atoms with Gasteiger partial charge in [-0.25, -0.2) is 4.98 Å². The van der Waals surface area contributed by atoms with E-state index in [1.165, 1.54) is 17.5 Å². The lowest BCUT2D eigenvalue weighted by molar-refractivity contribution is -0.130. The lowest BCUT2D eigenvalue weighted by Crippen LogP contribution is -2.62. The minimum Gasteiger partial charge on any atom is -0.486 e. The molecule has 2 fully saturated rings. The molecule has 2 aromatic rings. The molecule has 13 heteroatoms. The van der Waals surface area contributed by atoms with Gasteiger partial charge in [-0.2, -0.15) is 0 Å². The highest BCUT2D eigenvalue weighted by molar-refractivity contribution is 5.78. The van der Waals surface area contributed by atoms with E-state index in [9.17, 15) is 14.7 Å². The molecule has 0 aliphatic carbocycles. The molecule has 260 valence electrons. The topological polar surface area (TPSA) is 145 Å². The molecule has 5 rings (SSSR count). The number of aliphatic hydroxyl groups excluding tert-OH is 1. The number of amides is 2. The van der Waals surface area contributed by atoms with Gasteiger partial charge in [0, 0.05) is 71.8 Å². The normalized spacial score (nSPS) is 23.0. The van der Waals surface area contributed by atoms with Crippen molar-refractivity contribution in [2.45, 2.75) is 83.6 Å². The smallest absolute Gasteiger partial charge is 0.223 e. The minimum absolute atomic E-state index is 0.0139. The average Bonchev–Trinajstić information content (AvgIpc) is 3.49. The molecular weight excluding hydrogens is 602 g/mol. The van der Waals surface area contributed by atoms with Crippen LogP contribution in [0.2, 0.25) is 0 Å². The number of oxazole rings is 1. The Morgan fingerprint density at radius 2 is 2.02 bits per heavy atom. The summed E-state index contributed by atoms with van der Waals surface area (Å²) >= 11 is 0. The number of aryl methyl sites for hydroxylation is 1. The van der Waals surface area contributed by atoms with Gasteiger partial charge in [-0.15, -0.1) is 0 Å². The maximum absolute atomic E-state index is 13.5. The molecular formula is C34H53N7O6. The number of β-amino-alcohol motifs (C(OH)–C–C–N with tert-alkyl or cyclic N) is 1. The van der Waals surface area contributed by atoms with E-state index in [2.05, 4.69) is 42.9 Å². The molecule has 4 N–H and O–H groups in total. The van der Waals surface area contributed by atoms with Crippen molar-refractivity contribution in [2.75, 3.05) is 60.0 Å².